The molecule has 112 valence electrons. The zero-order chi connectivity index (χ0) is 15.8. The van der Waals surface area contributed by atoms with Crippen LogP contribution < -0.4 is 11.2 Å². The quantitative estimate of drug-likeness (QED) is 0.819. The maximum Gasteiger partial charge on any atom is 0.329 e. The van der Waals surface area contributed by atoms with Crippen molar-refractivity contribution in [3.05, 3.63) is 54.7 Å². The molecule has 1 aromatic heterocycles. The van der Waals surface area contributed by atoms with Crippen molar-refractivity contribution in [2.24, 2.45) is 5.41 Å². The number of hydrogen-bond acceptors (Lipinski definition) is 2. The summed E-state index contributed by atoms with van der Waals surface area (Å²) < 4.78 is 1.94. The summed E-state index contributed by atoms with van der Waals surface area (Å²) in [4.78, 5) is 27.2. The van der Waals surface area contributed by atoms with E-state index in [0.29, 0.717) is 17.7 Å². The molecule has 21 heavy (non-hydrogen) atoms. The van der Waals surface area contributed by atoms with Crippen molar-refractivity contribution in [1.29, 1.82) is 0 Å². The van der Waals surface area contributed by atoms with Crippen LogP contribution in [0.2, 0.25) is 5.15 Å². The molecule has 2 rings (SSSR count). The minimum atomic E-state index is -0.490. The van der Waals surface area contributed by atoms with Crippen LogP contribution >= 0.6 is 27.5 Å². The molecule has 0 atom stereocenters. The van der Waals surface area contributed by atoms with E-state index in [1.807, 2.05) is 39.0 Å². The van der Waals surface area contributed by atoms with Crippen LogP contribution in [0, 0.1) is 5.41 Å². The van der Waals surface area contributed by atoms with E-state index < -0.39 is 5.69 Å². The summed E-state index contributed by atoms with van der Waals surface area (Å²) >= 11 is 9.50. The van der Waals surface area contributed by atoms with Crippen LogP contribution in [0.25, 0.3) is 11.1 Å². The molecular formula is C15H16BrClN2O2. The number of H-pyrrole nitrogens is 1. The highest BCUT2D eigenvalue weighted by Crippen LogP contribution is 2.29. The first-order valence-corrected chi connectivity index (χ1v) is 7.65. The fourth-order valence-corrected chi connectivity index (χ4v) is 2.81. The summed E-state index contributed by atoms with van der Waals surface area (Å²) in [5.74, 6) is 0. The molecule has 0 aliphatic rings. The summed E-state index contributed by atoms with van der Waals surface area (Å²) in [7, 11) is 0. The van der Waals surface area contributed by atoms with Gasteiger partial charge in [0, 0.05) is 16.6 Å². The average molecular weight is 372 g/mol. The molecule has 0 aliphatic heterocycles. The van der Waals surface area contributed by atoms with Gasteiger partial charge in [-0.2, -0.15) is 0 Å². The third-order valence-electron chi connectivity index (χ3n) is 2.92. The van der Waals surface area contributed by atoms with Gasteiger partial charge in [0.05, 0.1) is 5.56 Å². The summed E-state index contributed by atoms with van der Waals surface area (Å²) in [5.41, 5.74) is -0.115. The smallest absolute Gasteiger partial charge is 0.297 e. The molecule has 0 saturated heterocycles. The third kappa shape index (κ3) is 3.47. The minimum Gasteiger partial charge on any atom is -0.297 e. The maximum atomic E-state index is 12.7. The van der Waals surface area contributed by atoms with Crippen LogP contribution in [0.3, 0.4) is 0 Å². The topological polar surface area (TPSA) is 54.9 Å². The fourth-order valence-electron chi connectivity index (χ4n) is 2.06. The first kappa shape index (κ1) is 16.0. The lowest BCUT2D eigenvalue weighted by molar-refractivity contribution is 0.331. The first-order chi connectivity index (χ1) is 9.70. The van der Waals surface area contributed by atoms with Gasteiger partial charge in [0.2, 0.25) is 0 Å². The van der Waals surface area contributed by atoms with E-state index >= 15 is 0 Å². The van der Waals surface area contributed by atoms with E-state index in [1.54, 1.807) is 6.07 Å². The van der Waals surface area contributed by atoms with Crippen LogP contribution in [-0.4, -0.2) is 9.55 Å². The Morgan fingerprint density at radius 1 is 1.24 bits per heavy atom. The number of halogens is 2. The molecule has 0 aliphatic carbocycles. The fraction of sp³-hybridized carbons (Fsp3) is 0.333. The third-order valence-corrected chi connectivity index (χ3v) is 3.89. The minimum absolute atomic E-state index is 0.0575. The normalized spacial score (nSPS) is 11.7. The van der Waals surface area contributed by atoms with Crippen molar-refractivity contribution in [2.45, 2.75) is 27.3 Å². The molecule has 4 nitrogen and oxygen atoms in total. The van der Waals surface area contributed by atoms with E-state index in [2.05, 4.69) is 20.9 Å². The van der Waals surface area contributed by atoms with Crippen molar-refractivity contribution >= 4 is 27.5 Å². The zero-order valence-electron chi connectivity index (χ0n) is 12.0. The van der Waals surface area contributed by atoms with Gasteiger partial charge in [0.25, 0.3) is 5.56 Å². The Hall–Kier alpha value is -1.33. The number of nitrogens with one attached hydrogen (secondary N) is 1. The Morgan fingerprint density at radius 3 is 2.43 bits per heavy atom. The zero-order valence-corrected chi connectivity index (χ0v) is 14.4. The number of rotatable bonds is 2. The van der Waals surface area contributed by atoms with E-state index in [4.69, 9.17) is 11.6 Å². The second kappa shape index (κ2) is 5.81. The molecule has 1 heterocycles. The number of aromatic nitrogens is 2. The summed E-state index contributed by atoms with van der Waals surface area (Å²) in [6.45, 7) is 6.21. The van der Waals surface area contributed by atoms with Crippen LogP contribution in [0.4, 0.5) is 0 Å². The lowest BCUT2D eigenvalue weighted by atomic mass is 9.97. The number of nitrogens with zero attached hydrogens (tertiary/aromatic N) is 1. The van der Waals surface area contributed by atoms with E-state index in [1.165, 1.54) is 4.57 Å². The molecule has 0 saturated carbocycles. The SMILES string of the molecule is CC(C)(C)Cn1c(=O)[nH]c(Cl)c(-c2ccccc2Br)c1=O. The van der Waals surface area contributed by atoms with Crippen LogP contribution in [0.1, 0.15) is 20.8 Å². The number of hydrogen-bond donors (Lipinski definition) is 1. The average Bonchev–Trinajstić information content (AvgIpc) is 2.35. The molecule has 0 amide bonds. The Labute approximate surface area is 135 Å². The van der Waals surface area contributed by atoms with Gasteiger partial charge in [0.1, 0.15) is 5.15 Å². The first-order valence-electron chi connectivity index (χ1n) is 6.48. The number of benzene rings is 1. The monoisotopic (exact) mass is 370 g/mol. The Kier molecular flexibility index (Phi) is 4.44. The number of aromatic amines is 1. The molecule has 1 aromatic carbocycles. The molecule has 2 aromatic rings. The van der Waals surface area contributed by atoms with Gasteiger partial charge < -0.3 is 0 Å². The van der Waals surface area contributed by atoms with E-state index in [-0.39, 0.29) is 16.1 Å². The molecule has 0 radical (unpaired) electrons. The Morgan fingerprint density at radius 2 is 1.86 bits per heavy atom. The summed E-state index contributed by atoms with van der Waals surface area (Å²) in [6, 6.07) is 7.27. The second-order valence-corrected chi connectivity index (χ2v) is 7.28. The molecule has 0 fully saturated rings. The highest BCUT2D eigenvalue weighted by atomic mass is 79.9. The van der Waals surface area contributed by atoms with Crippen LogP contribution in [-0.2, 0) is 6.54 Å². The van der Waals surface area contributed by atoms with Crippen molar-refractivity contribution in [2.75, 3.05) is 0 Å². The van der Waals surface area contributed by atoms with Gasteiger partial charge in [-0.1, -0.05) is 66.5 Å². The van der Waals surface area contributed by atoms with Crippen molar-refractivity contribution in [1.82, 2.24) is 9.55 Å². The predicted molar refractivity (Wildman–Crippen MR) is 88.9 cm³/mol. The van der Waals surface area contributed by atoms with E-state index in [9.17, 15) is 9.59 Å². The van der Waals surface area contributed by atoms with Gasteiger partial charge >= 0.3 is 5.69 Å². The van der Waals surface area contributed by atoms with Crippen molar-refractivity contribution < 1.29 is 0 Å². The van der Waals surface area contributed by atoms with Crippen LogP contribution in [0.15, 0.2) is 38.3 Å². The molecule has 1 N–H and O–H groups in total. The second-order valence-electron chi connectivity index (χ2n) is 6.05. The van der Waals surface area contributed by atoms with Crippen molar-refractivity contribution in [3.8, 4) is 11.1 Å². The van der Waals surface area contributed by atoms with E-state index in [0.717, 1.165) is 4.47 Å². The van der Waals surface area contributed by atoms with Crippen LogP contribution in [0.5, 0.6) is 0 Å². The Balaban J connectivity index is 2.75. The van der Waals surface area contributed by atoms with Gasteiger partial charge in [-0.05, 0) is 11.5 Å². The lowest BCUT2D eigenvalue weighted by Gasteiger charge is -2.19. The summed E-state index contributed by atoms with van der Waals surface area (Å²) in [6.07, 6.45) is 0. The molecule has 6 heteroatoms. The standard InChI is InChI=1S/C15H16BrClN2O2/c1-15(2,3)8-19-13(20)11(12(17)18-14(19)21)9-6-4-5-7-10(9)16/h4-7H,8H2,1-3H3,(H,18,21). The van der Waals surface area contributed by atoms with Gasteiger partial charge in [-0.15, -0.1) is 0 Å². The molecule has 0 bridgehead atoms. The molecule has 0 unspecified atom stereocenters. The van der Waals surface area contributed by atoms with Gasteiger partial charge in [-0.3, -0.25) is 14.3 Å². The summed E-state index contributed by atoms with van der Waals surface area (Å²) in [5, 5.41) is 0.0575. The predicted octanol–water partition coefficient (Wildman–Crippen LogP) is 3.67. The molecular weight excluding hydrogens is 356 g/mol. The molecule has 0 spiro atoms. The highest BCUT2D eigenvalue weighted by Gasteiger charge is 2.20. The van der Waals surface area contributed by atoms with Gasteiger partial charge in [-0.25, -0.2) is 4.79 Å². The highest BCUT2D eigenvalue weighted by molar-refractivity contribution is 9.10. The van der Waals surface area contributed by atoms with Crippen molar-refractivity contribution in [3.63, 3.8) is 0 Å². The lowest BCUT2D eigenvalue weighted by Crippen LogP contribution is -2.39. The largest absolute Gasteiger partial charge is 0.329 e. The maximum absolute atomic E-state index is 12.7. The van der Waals surface area contributed by atoms with Gasteiger partial charge in [0.15, 0.2) is 0 Å². The Bertz CT molecular complexity index is 787.